The number of halogens is 1. The highest BCUT2D eigenvalue weighted by atomic mass is 35.5. The SMILES string of the molecule is CC(C)c1cc(Cl)nc2c1CCC2. The summed E-state index contributed by atoms with van der Waals surface area (Å²) < 4.78 is 0. The Morgan fingerprint density at radius 1 is 1.38 bits per heavy atom. The Balaban J connectivity index is 2.55. The molecule has 0 unspecified atom stereocenters. The summed E-state index contributed by atoms with van der Waals surface area (Å²) in [5.74, 6) is 0.562. The number of hydrogen-bond donors (Lipinski definition) is 0. The molecule has 0 atom stereocenters. The van der Waals surface area contributed by atoms with Gasteiger partial charge in [-0.1, -0.05) is 25.4 Å². The van der Waals surface area contributed by atoms with Crippen LogP contribution in [-0.4, -0.2) is 4.98 Å². The van der Waals surface area contributed by atoms with Crippen LogP contribution in [0.5, 0.6) is 0 Å². The molecule has 0 aliphatic heterocycles. The third kappa shape index (κ3) is 1.58. The molecule has 0 N–H and O–H groups in total. The average molecular weight is 196 g/mol. The van der Waals surface area contributed by atoms with E-state index in [0.29, 0.717) is 11.1 Å². The van der Waals surface area contributed by atoms with Crippen molar-refractivity contribution >= 4 is 11.6 Å². The van der Waals surface area contributed by atoms with Crippen LogP contribution in [0.2, 0.25) is 5.15 Å². The predicted molar refractivity (Wildman–Crippen MR) is 55.4 cm³/mol. The summed E-state index contributed by atoms with van der Waals surface area (Å²) in [6, 6.07) is 2.02. The van der Waals surface area contributed by atoms with Crippen LogP contribution in [0.1, 0.15) is 43.0 Å². The van der Waals surface area contributed by atoms with Crippen molar-refractivity contribution in [3.8, 4) is 0 Å². The number of aryl methyl sites for hydroxylation is 1. The van der Waals surface area contributed by atoms with Crippen LogP contribution in [0.3, 0.4) is 0 Å². The fourth-order valence-electron chi connectivity index (χ4n) is 2.05. The van der Waals surface area contributed by atoms with E-state index in [0.717, 1.165) is 6.42 Å². The second kappa shape index (κ2) is 3.30. The first-order chi connectivity index (χ1) is 6.18. The van der Waals surface area contributed by atoms with E-state index in [2.05, 4.69) is 18.8 Å². The molecular weight excluding hydrogens is 182 g/mol. The summed E-state index contributed by atoms with van der Waals surface area (Å²) >= 11 is 5.96. The Morgan fingerprint density at radius 3 is 2.85 bits per heavy atom. The molecule has 1 nitrogen and oxygen atoms in total. The van der Waals surface area contributed by atoms with Crippen LogP contribution in [0.15, 0.2) is 6.07 Å². The lowest BCUT2D eigenvalue weighted by Gasteiger charge is -2.11. The maximum absolute atomic E-state index is 5.96. The van der Waals surface area contributed by atoms with E-state index in [-0.39, 0.29) is 0 Å². The fraction of sp³-hybridized carbons (Fsp3) is 0.545. The predicted octanol–water partition coefficient (Wildman–Crippen LogP) is 3.35. The van der Waals surface area contributed by atoms with E-state index in [1.807, 2.05) is 6.07 Å². The summed E-state index contributed by atoms with van der Waals surface area (Å²) in [4.78, 5) is 4.36. The molecule has 1 aromatic heterocycles. The molecule has 2 heteroatoms. The largest absolute Gasteiger partial charge is 0.241 e. The maximum Gasteiger partial charge on any atom is 0.129 e. The molecule has 2 rings (SSSR count). The van der Waals surface area contributed by atoms with Crippen molar-refractivity contribution in [3.05, 3.63) is 28.0 Å². The fourth-order valence-corrected chi connectivity index (χ4v) is 2.27. The van der Waals surface area contributed by atoms with E-state index >= 15 is 0 Å². The molecule has 0 bridgehead atoms. The van der Waals surface area contributed by atoms with Crippen molar-refractivity contribution in [2.75, 3.05) is 0 Å². The first kappa shape index (κ1) is 9.01. The highest BCUT2D eigenvalue weighted by Crippen LogP contribution is 2.30. The molecule has 0 spiro atoms. The van der Waals surface area contributed by atoms with Gasteiger partial charge >= 0.3 is 0 Å². The van der Waals surface area contributed by atoms with Gasteiger partial charge in [-0.05, 0) is 42.4 Å². The van der Waals surface area contributed by atoms with Crippen molar-refractivity contribution in [2.24, 2.45) is 0 Å². The lowest BCUT2D eigenvalue weighted by molar-refractivity contribution is 0.837. The molecule has 1 aliphatic rings. The summed E-state index contributed by atoms with van der Waals surface area (Å²) in [6.45, 7) is 4.43. The molecule has 0 saturated heterocycles. The van der Waals surface area contributed by atoms with Crippen LogP contribution in [0.4, 0.5) is 0 Å². The van der Waals surface area contributed by atoms with Gasteiger partial charge in [0.25, 0.3) is 0 Å². The zero-order valence-electron chi connectivity index (χ0n) is 8.10. The third-order valence-corrected chi connectivity index (χ3v) is 2.87. The highest BCUT2D eigenvalue weighted by molar-refractivity contribution is 6.29. The van der Waals surface area contributed by atoms with Gasteiger partial charge in [-0.15, -0.1) is 0 Å². The van der Waals surface area contributed by atoms with Gasteiger partial charge in [0.15, 0.2) is 0 Å². The molecule has 0 radical (unpaired) electrons. The van der Waals surface area contributed by atoms with E-state index in [1.165, 1.54) is 29.7 Å². The smallest absolute Gasteiger partial charge is 0.129 e. The summed E-state index contributed by atoms with van der Waals surface area (Å²) in [6.07, 6.45) is 3.53. The molecule has 0 aromatic carbocycles. The highest BCUT2D eigenvalue weighted by Gasteiger charge is 2.18. The first-order valence-electron chi connectivity index (χ1n) is 4.86. The average Bonchev–Trinajstić information content (AvgIpc) is 2.49. The van der Waals surface area contributed by atoms with Crippen LogP contribution in [0.25, 0.3) is 0 Å². The van der Waals surface area contributed by atoms with Gasteiger partial charge in [0, 0.05) is 5.69 Å². The van der Waals surface area contributed by atoms with Gasteiger partial charge in [-0.3, -0.25) is 0 Å². The monoisotopic (exact) mass is 195 g/mol. The summed E-state index contributed by atoms with van der Waals surface area (Å²) in [5.41, 5.74) is 4.09. The van der Waals surface area contributed by atoms with Crippen LogP contribution >= 0.6 is 11.6 Å². The van der Waals surface area contributed by atoms with Crippen LogP contribution in [0, 0.1) is 0 Å². The first-order valence-corrected chi connectivity index (χ1v) is 5.24. The molecule has 0 fully saturated rings. The summed E-state index contributed by atoms with van der Waals surface area (Å²) in [7, 11) is 0. The number of hydrogen-bond acceptors (Lipinski definition) is 1. The molecule has 1 heterocycles. The molecule has 1 aliphatic carbocycles. The normalized spacial score (nSPS) is 15.1. The number of fused-ring (bicyclic) bond motifs is 1. The minimum absolute atomic E-state index is 0.562. The zero-order valence-corrected chi connectivity index (χ0v) is 8.86. The molecular formula is C11H14ClN. The quantitative estimate of drug-likeness (QED) is 0.627. The van der Waals surface area contributed by atoms with Gasteiger partial charge in [0.05, 0.1) is 0 Å². The molecule has 0 saturated carbocycles. The zero-order chi connectivity index (χ0) is 9.42. The van der Waals surface area contributed by atoms with Crippen molar-refractivity contribution in [2.45, 2.75) is 39.0 Å². The van der Waals surface area contributed by atoms with Crippen molar-refractivity contribution in [3.63, 3.8) is 0 Å². The molecule has 0 amide bonds. The Morgan fingerprint density at radius 2 is 2.15 bits per heavy atom. The van der Waals surface area contributed by atoms with E-state index in [9.17, 15) is 0 Å². The lowest BCUT2D eigenvalue weighted by Crippen LogP contribution is -1.98. The number of pyridine rings is 1. The van der Waals surface area contributed by atoms with Crippen molar-refractivity contribution in [1.82, 2.24) is 4.98 Å². The topological polar surface area (TPSA) is 12.9 Å². The standard InChI is InChI=1S/C11H14ClN/c1-7(2)9-6-11(12)13-10-5-3-4-8(9)10/h6-7H,3-5H2,1-2H3. The molecule has 13 heavy (non-hydrogen) atoms. The van der Waals surface area contributed by atoms with E-state index in [1.54, 1.807) is 0 Å². The summed E-state index contributed by atoms with van der Waals surface area (Å²) in [5, 5.41) is 0.657. The van der Waals surface area contributed by atoms with Crippen LogP contribution < -0.4 is 0 Å². The second-order valence-corrected chi connectivity index (χ2v) is 4.35. The van der Waals surface area contributed by atoms with Gasteiger partial charge in [0.2, 0.25) is 0 Å². The Kier molecular flexibility index (Phi) is 2.29. The van der Waals surface area contributed by atoms with Crippen LogP contribution in [-0.2, 0) is 12.8 Å². The van der Waals surface area contributed by atoms with E-state index in [4.69, 9.17) is 11.6 Å². The maximum atomic E-state index is 5.96. The number of aromatic nitrogens is 1. The Hall–Kier alpha value is -0.560. The lowest BCUT2D eigenvalue weighted by atomic mass is 9.98. The van der Waals surface area contributed by atoms with Crippen molar-refractivity contribution < 1.29 is 0 Å². The van der Waals surface area contributed by atoms with Gasteiger partial charge < -0.3 is 0 Å². The molecule has 1 aromatic rings. The Bertz CT molecular complexity index is 331. The number of rotatable bonds is 1. The van der Waals surface area contributed by atoms with Gasteiger partial charge in [-0.25, -0.2) is 4.98 Å². The van der Waals surface area contributed by atoms with E-state index < -0.39 is 0 Å². The molecule has 70 valence electrons. The van der Waals surface area contributed by atoms with Gasteiger partial charge in [-0.2, -0.15) is 0 Å². The van der Waals surface area contributed by atoms with Crippen molar-refractivity contribution in [1.29, 1.82) is 0 Å². The Labute approximate surface area is 84.1 Å². The second-order valence-electron chi connectivity index (χ2n) is 3.97. The minimum Gasteiger partial charge on any atom is -0.241 e. The third-order valence-electron chi connectivity index (χ3n) is 2.68. The number of nitrogens with zero attached hydrogens (tertiary/aromatic N) is 1. The van der Waals surface area contributed by atoms with Gasteiger partial charge in [0.1, 0.15) is 5.15 Å². The minimum atomic E-state index is 0.562.